The van der Waals surface area contributed by atoms with Gasteiger partial charge in [0.05, 0.1) is 10.4 Å². The quantitative estimate of drug-likeness (QED) is 0.626. The monoisotopic (exact) mass is 481 g/mol. The van der Waals surface area contributed by atoms with E-state index in [-0.39, 0.29) is 17.3 Å². The molecule has 1 aromatic carbocycles. The van der Waals surface area contributed by atoms with Crippen molar-refractivity contribution >= 4 is 31.9 Å². The zero-order valence-corrected chi connectivity index (χ0v) is 18.8. The second kappa shape index (κ2) is 8.41. The Morgan fingerprint density at radius 3 is 2.31 bits per heavy atom. The summed E-state index contributed by atoms with van der Waals surface area (Å²) in [6, 6.07) is 10.2. The minimum Gasteiger partial charge on any atom is -0.345 e. The van der Waals surface area contributed by atoms with E-state index in [9.17, 15) is 18.0 Å². The predicted octanol–water partition coefficient (Wildman–Crippen LogP) is 2.45. The van der Waals surface area contributed by atoms with Crippen LogP contribution in [0.15, 0.2) is 56.8 Å². The zero-order valence-electron chi connectivity index (χ0n) is 16.4. The lowest BCUT2D eigenvalue weighted by Gasteiger charge is -2.20. The van der Waals surface area contributed by atoms with Gasteiger partial charge < -0.3 is 9.88 Å². The summed E-state index contributed by atoms with van der Waals surface area (Å²) in [5, 5.41) is 3.01. The number of nitrogens with zero attached hydrogens (tertiary/aromatic N) is 2. The standard InChI is InChI=1S/C20H24BrN3O4S/c1-3-24(4-2)29(27,28)17-9-10-19(26)23(13-17)14-18(25)22-20(11-12-20)15-5-7-16(21)8-6-15/h5-10,13H,3-4,11-12,14H2,1-2H3,(H,22,25). The maximum atomic E-state index is 12.7. The molecule has 0 bridgehead atoms. The Labute approximate surface area is 178 Å². The van der Waals surface area contributed by atoms with E-state index >= 15 is 0 Å². The first-order chi connectivity index (χ1) is 13.7. The lowest BCUT2D eigenvalue weighted by atomic mass is 10.1. The van der Waals surface area contributed by atoms with Crippen LogP contribution in [0.1, 0.15) is 32.3 Å². The number of nitrogens with one attached hydrogen (secondary N) is 1. The molecule has 29 heavy (non-hydrogen) atoms. The fraction of sp³-hybridized carbons (Fsp3) is 0.400. The topological polar surface area (TPSA) is 88.5 Å². The molecule has 0 aliphatic heterocycles. The molecule has 156 valence electrons. The van der Waals surface area contributed by atoms with Crippen LogP contribution in [0.2, 0.25) is 0 Å². The van der Waals surface area contributed by atoms with Gasteiger partial charge in [0.2, 0.25) is 15.9 Å². The fourth-order valence-electron chi connectivity index (χ4n) is 3.34. The van der Waals surface area contributed by atoms with E-state index in [4.69, 9.17) is 0 Å². The molecule has 1 saturated carbocycles. The third kappa shape index (κ3) is 4.62. The Hall–Kier alpha value is -1.97. The number of carbonyl (C=O) groups excluding carboxylic acids is 1. The van der Waals surface area contributed by atoms with Crippen LogP contribution in [0.3, 0.4) is 0 Å². The van der Waals surface area contributed by atoms with Gasteiger partial charge in [0.25, 0.3) is 5.56 Å². The van der Waals surface area contributed by atoms with Gasteiger partial charge in [0.15, 0.2) is 0 Å². The van der Waals surface area contributed by atoms with E-state index in [0.717, 1.165) is 27.4 Å². The number of amides is 1. The Kier molecular flexibility index (Phi) is 6.30. The average molecular weight is 482 g/mol. The van der Waals surface area contributed by atoms with Crippen molar-refractivity contribution in [2.45, 2.75) is 43.7 Å². The molecule has 1 aromatic heterocycles. The number of hydrogen-bond acceptors (Lipinski definition) is 4. The lowest BCUT2D eigenvalue weighted by molar-refractivity contribution is -0.122. The lowest BCUT2D eigenvalue weighted by Crippen LogP contribution is -2.39. The molecule has 0 unspecified atom stereocenters. The number of hydrogen-bond donors (Lipinski definition) is 1. The molecule has 1 fully saturated rings. The van der Waals surface area contributed by atoms with E-state index < -0.39 is 21.1 Å². The molecule has 0 spiro atoms. The van der Waals surface area contributed by atoms with Crippen LogP contribution < -0.4 is 10.9 Å². The largest absolute Gasteiger partial charge is 0.345 e. The first kappa shape index (κ1) is 21.7. The van der Waals surface area contributed by atoms with E-state index in [1.165, 1.54) is 22.6 Å². The van der Waals surface area contributed by atoms with Gasteiger partial charge in [-0.1, -0.05) is 41.9 Å². The van der Waals surface area contributed by atoms with Crippen molar-refractivity contribution in [3.05, 3.63) is 63.0 Å². The fourth-order valence-corrected chi connectivity index (χ4v) is 5.08. The van der Waals surface area contributed by atoms with Crippen LogP contribution in [0, 0.1) is 0 Å². The van der Waals surface area contributed by atoms with Crippen LogP contribution >= 0.6 is 15.9 Å². The third-order valence-corrected chi connectivity index (χ3v) is 7.70. The van der Waals surface area contributed by atoms with Gasteiger partial charge in [0.1, 0.15) is 6.54 Å². The summed E-state index contributed by atoms with van der Waals surface area (Å²) in [6.07, 6.45) is 2.89. The van der Waals surface area contributed by atoms with Crippen molar-refractivity contribution in [1.82, 2.24) is 14.2 Å². The molecule has 0 radical (unpaired) electrons. The molecule has 3 rings (SSSR count). The Bertz CT molecular complexity index is 1060. The van der Waals surface area contributed by atoms with E-state index in [1.807, 2.05) is 24.3 Å². The number of rotatable bonds is 8. The van der Waals surface area contributed by atoms with Crippen LogP contribution in [-0.2, 0) is 26.9 Å². The van der Waals surface area contributed by atoms with Crippen molar-refractivity contribution in [3.8, 4) is 0 Å². The van der Waals surface area contributed by atoms with Crippen molar-refractivity contribution in [1.29, 1.82) is 0 Å². The molecule has 1 heterocycles. The van der Waals surface area contributed by atoms with Gasteiger partial charge in [-0.2, -0.15) is 4.31 Å². The second-order valence-electron chi connectivity index (χ2n) is 7.06. The summed E-state index contributed by atoms with van der Waals surface area (Å²) in [5.74, 6) is -0.329. The van der Waals surface area contributed by atoms with Gasteiger partial charge in [-0.25, -0.2) is 8.42 Å². The third-order valence-electron chi connectivity index (χ3n) is 5.14. The molecule has 9 heteroatoms. The highest BCUT2D eigenvalue weighted by Crippen LogP contribution is 2.45. The van der Waals surface area contributed by atoms with Crippen molar-refractivity contribution < 1.29 is 13.2 Å². The van der Waals surface area contributed by atoms with E-state index in [2.05, 4.69) is 21.2 Å². The summed E-state index contributed by atoms with van der Waals surface area (Å²) >= 11 is 3.40. The molecule has 0 atom stereocenters. The summed E-state index contributed by atoms with van der Waals surface area (Å²) in [5.41, 5.74) is 0.179. The van der Waals surface area contributed by atoms with Crippen molar-refractivity contribution in [2.75, 3.05) is 13.1 Å². The van der Waals surface area contributed by atoms with Crippen LogP contribution in [0.4, 0.5) is 0 Å². The van der Waals surface area contributed by atoms with Gasteiger partial charge >= 0.3 is 0 Å². The van der Waals surface area contributed by atoms with Gasteiger partial charge in [0, 0.05) is 29.8 Å². The summed E-state index contributed by atoms with van der Waals surface area (Å²) < 4.78 is 28.8. The Morgan fingerprint density at radius 1 is 1.14 bits per heavy atom. The number of pyridine rings is 1. The van der Waals surface area contributed by atoms with Gasteiger partial charge in [-0.3, -0.25) is 9.59 Å². The van der Waals surface area contributed by atoms with Gasteiger partial charge in [-0.05, 0) is 36.6 Å². The zero-order chi connectivity index (χ0) is 21.2. The van der Waals surface area contributed by atoms with E-state index in [0.29, 0.717) is 13.1 Å². The number of sulfonamides is 1. The highest BCUT2D eigenvalue weighted by Gasteiger charge is 2.45. The molecule has 2 aromatic rings. The first-order valence-electron chi connectivity index (χ1n) is 9.49. The van der Waals surface area contributed by atoms with Crippen molar-refractivity contribution in [2.24, 2.45) is 0 Å². The molecule has 7 nitrogen and oxygen atoms in total. The van der Waals surface area contributed by atoms with Crippen molar-refractivity contribution in [3.63, 3.8) is 0 Å². The minimum absolute atomic E-state index is 0.00245. The normalized spacial score (nSPS) is 15.3. The van der Waals surface area contributed by atoms with Crippen LogP contribution in [0.5, 0.6) is 0 Å². The van der Waals surface area contributed by atoms with Crippen LogP contribution in [-0.4, -0.2) is 36.3 Å². The molecular formula is C20H24BrN3O4S. The smallest absolute Gasteiger partial charge is 0.251 e. The first-order valence-corrected chi connectivity index (χ1v) is 11.7. The Morgan fingerprint density at radius 2 is 1.76 bits per heavy atom. The molecule has 1 aliphatic carbocycles. The maximum absolute atomic E-state index is 12.7. The molecule has 0 saturated heterocycles. The summed E-state index contributed by atoms with van der Waals surface area (Å²) in [4.78, 5) is 24.8. The number of halogens is 1. The molecular weight excluding hydrogens is 458 g/mol. The number of benzene rings is 1. The number of aromatic nitrogens is 1. The number of carbonyl (C=O) groups is 1. The highest BCUT2D eigenvalue weighted by atomic mass is 79.9. The molecule has 1 aliphatic rings. The van der Waals surface area contributed by atoms with Gasteiger partial charge in [-0.15, -0.1) is 0 Å². The molecule has 1 amide bonds. The average Bonchev–Trinajstić information content (AvgIpc) is 3.45. The Balaban J connectivity index is 1.79. The highest BCUT2D eigenvalue weighted by molar-refractivity contribution is 9.10. The summed E-state index contributed by atoms with van der Waals surface area (Å²) in [7, 11) is -3.71. The minimum atomic E-state index is -3.71. The second-order valence-corrected chi connectivity index (χ2v) is 9.91. The summed E-state index contributed by atoms with van der Waals surface area (Å²) in [6.45, 7) is 3.92. The van der Waals surface area contributed by atoms with E-state index in [1.54, 1.807) is 13.8 Å². The van der Waals surface area contributed by atoms with Crippen LogP contribution in [0.25, 0.3) is 0 Å². The predicted molar refractivity (Wildman–Crippen MR) is 114 cm³/mol. The molecule has 1 N–H and O–H groups in total. The maximum Gasteiger partial charge on any atom is 0.251 e. The SMILES string of the molecule is CCN(CC)S(=O)(=O)c1ccc(=O)n(CC(=O)NC2(c3ccc(Br)cc3)CC2)c1.